The second kappa shape index (κ2) is 9.74. The van der Waals surface area contributed by atoms with E-state index in [4.69, 9.17) is 4.74 Å². The lowest BCUT2D eigenvalue weighted by Gasteiger charge is -2.21. The topological polar surface area (TPSA) is 67.4 Å². The molecule has 0 saturated heterocycles. The van der Waals surface area contributed by atoms with Gasteiger partial charge in [-0.15, -0.1) is 0 Å². The molecule has 3 rings (SSSR count). The molecule has 0 aromatic heterocycles. The first-order valence-corrected chi connectivity index (χ1v) is 9.94. The molecule has 0 heterocycles. The van der Waals surface area contributed by atoms with Gasteiger partial charge in [-0.25, -0.2) is 0 Å². The minimum absolute atomic E-state index is 0.262. The quantitative estimate of drug-likeness (QED) is 0.569. The molecule has 0 aliphatic heterocycles. The number of hydrogen-bond donors (Lipinski definition) is 2. The van der Waals surface area contributed by atoms with Gasteiger partial charge in [-0.1, -0.05) is 47.5 Å². The molecule has 0 aliphatic rings. The molecule has 2 amide bonds. The molecule has 5 nitrogen and oxygen atoms in total. The minimum atomic E-state index is -0.693. The molecule has 0 spiro atoms. The van der Waals surface area contributed by atoms with Crippen LogP contribution in [0.2, 0.25) is 0 Å². The van der Waals surface area contributed by atoms with Crippen molar-refractivity contribution in [2.24, 2.45) is 0 Å². The van der Waals surface area contributed by atoms with Crippen LogP contribution >= 0.6 is 0 Å². The lowest BCUT2D eigenvalue weighted by molar-refractivity contribution is 0.0883. The van der Waals surface area contributed by atoms with Crippen molar-refractivity contribution in [3.8, 4) is 5.75 Å². The van der Waals surface area contributed by atoms with Gasteiger partial charge in [0.15, 0.2) is 0 Å². The Morgan fingerprint density at radius 1 is 0.800 bits per heavy atom. The average Bonchev–Trinajstić information content (AvgIpc) is 2.74. The van der Waals surface area contributed by atoms with E-state index < -0.39 is 6.17 Å². The summed E-state index contributed by atoms with van der Waals surface area (Å²) in [5.41, 5.74) is 3.81. The molecule has 0 bridgehead atoms. The summed E-state index contributed by atoms with van der Waals surface area (Å²) in [6.45, 7) is 6.35. The lowest BCUT2D eigenvalue weighted by atomic mass is 10.1. The Hall–Kier alpha value is -3.60. The van der Waals surface area contributed by atoms with Crippen LogP contribution in [0.1, 0.15) is 50.5 Å². The van der Waals surface area contributed by atoms with Crippen molar-refractivity contribution >= 4 is 11.8 Å². The van der Waals surface area contributed by atoms with E-state index in [1.807, 2.05) is 81.4 Å². The van der Waals surface area contributed by atoms with Gasteiger partial charge in [-0.2, -0.15) is 0 Å². The standard InChI is InChI=1S/C25H26N2O3/c1-4-30-22-13-11-19(12-14-22)23(26-24(28)20-9-5-7-17(2)15-20)27-25(29)21-10-6-8-18(3)16-21/h5-16,23H,4H2,1-3H3,(H,26,28)(H,27,29). The second-order valence-corrected chi connectivity index (χ2v) is 7.12. The molecule has 0 unspecified atom stereocenters. The molecular weight excluding hydrogens is 376 g/mol. The third-order valence-corrected chi connectivity index (χ3v) is 4.64. The van der Waals surface area contributed by atoms with E-state index in [-0.39, 0.29) is 11.8 Å². The van der Waals surface area contributed by atoms with Gasteiger partial charge in [-0.05, 0) is 62.7 Å². The molecule has 0 saturated carbocycles. The largest absolute Gasteiger partial charge is 0.494 e. The predicted molar refractivity (Wildman–Crippen MR) is 118 cm³/mol. The summed E-state index contributed by atoms with van der Waals surface area (Å²) >= 11 is 0. The molecule has 0 fully saturated rings. The zero-order chi connectivity index (χ0) is 21.5. The van der Waals surface area contributed by atoms with Crippen molar-refractivity contribution in [2.75, 3.05) is 6.61 Å². The highest BCUT2D eigenvalue weighted by molar-refractivity contribution is 5.97. The van der Waals surface area contributed by atoms with E-state index in [1.54, 1.807) is 12.1 Å². The van der Waals surface area contributed by atoms with E-state index in [2.05, 4.69) is 10.6 Å². The Morgan fingerprint density at radius 2 is 1.30 bits per heavy atom. The fourth-order valence-corrected chi connectivity index (χ4v) is 3.13. The van der Waals surface area contributed by atoms with E-state index in [9.17, 15) is 9.59 Å². The monoisotopic (exact) mass is 402 g/mol. The third-order valence-electron chi connectivity index (χ3n) is 4.64. The Balaban J connectivity index is 1.85. The van der Waals surface area contributed by atoms with Crippen molar-refractivity contribution in [1.29, 1.82) is 0 Å². The molecule has 0 aliphatic carbocycles. The summed E-state index contributed by atoms with van der Waals surface area (Å²) < 4.78 is 5.49. The number of amides is 2. The summed E-state index contributed by atoms with van der Waals surface area (Å²) in [6.07, 6.45) is -0.693. The van der Waals surface area contributed by atoms with Crippen LogP contribution in [0.15, 0.2) is 72.8 Å². The van der Waals surface area contributed by atoms with Crippen molar-refractivity contribution in [2.45, 2.75) is 26.9 Å². The van der Waals surface area contributed by atoms with Crippen LogP contribution in [-0.4, -0.2) is 18.4 Å². The number of rotatable bonds is 7. The summed E-state index contributed by atoms with van der Waals surface area (Å²) in [5.74, 6) is 0.208. The second-order valence-electron chi connectivity index (χ2n) is 7.12. The van der Waals surface area contributed by atoms with E-state index in [1.165, 1.54) is 0 Å². The van der Waals surface area contributed by atoms with Crippen LogP contribution in [-0.2, 0) is 0 Å². The van der Waals surface area contributed by atoms with Crippen molar-refractivity contribution in [3.63, 3.8) is 0 Å². The van der Waals surface area contributed by atoms with Gasteiger partial charge in [0.25, 0.3) is 11.8 Å². The molecule has 5 heteroatoms. The van der Waals surface area contributed by atoms with Crippen molar-refractivity contribution in [1.82, 2.24) is 10.6 Å². The summed E-state index contributed by atoms with van der Waals surface area (Å²) in [4.78, 5) is 25.7. The SMILES string of the molecule is CCOc1ccc(C(NC(=O)c2cccc(C)c2)NC(=O)c2cccc(C)c2)cc1. The Kier molecular flexibility index (Phi) is 6.86. The van der Waals surface area contributed by atoms with Gasteiger partial charge in [0.1, 0.15) is 11.9 Å². The number of benzene rings is 3. The molecule has 0 radical (unpaired) electrons. The lowest BCUT2D eigenvalue weighted by Crippen LogP contribution is -2.41. The Morgan fingerprint density at radius 3 is 1.73 bits per heavy atom. The maximum atomic E-state index is 12.8. The Bertz CT molecular complexity index is 969. The number of ether oxygens (including phenoxy) is 1. The van der Waals surface area contributed by atoms with Gasteiger partial charge in [-0.3, -0.25) is 9.59 Å². The van der Waals surface area contributed by atoms with Crippen LogP contribution in [0.25, 0.3) is 0 Å². The molecular formula is C25H26N2O3. The fourth-order valence-electron chi connectivity index (χ4n) is 3.13. The molecule has 2 N–H and O–H groups in total. The highest BCUT2D eigenvalue weighted by atomic mass is 16.5. The number of nitrogens with one attached hydrogen (secondary N) is 2. The number of carbonyl (C=O) groups excluding carboxylic acids is 2. The van der Waals surface area contributed by atoms with Crippen molar-refractivity contribution in [3.05, 3.63) is 101 Å². The van der Waals surface area contributed by atoms with E-state index >= 15 is 0 Å². The zero-order valence-corrected chi connectivity index (χ0v) is 17.4. The predicted octanol–water partition coefficient (Wildman–Crippen LogP) is 4.56. The van der Waals surface area contributed by atoms with E-state index in [0.29, 0.717) is 17.7 Å². The summed E-state index contributed by atoms with van der Waals surface area (Å²) in [5, 5.41) is 5.86. The van der Waals surface area contributed by atoms with Crippen LogP contribution in [0.5, 0.6) is 5.75 Å². The first-order chi connectivity index (χ1) is 14.5. The molecule has 0 atom stereocenters. The van der Waals surface area contributed by atoms with Crippen molar-refractivity contribution < 1.29 is 14.3 Å². The van der Waals surface area contributed by atoms with Gasteiger partial charge in [0.05, 0.1) is 6.61 Å². The van der Waals surface area contributed by atoms with Gasteiger partial charge >= 0.3 is 0 Å². The van der Waals surface area contributed by atoms with Crippen LogP contribution < -0.4 is 15.4 Å². The highest BCUT2D eigenvalue weighted by Gasteiger charge is 2.19. The fraction of sp³-hybridized carbons (Fsp3) is 0.200. The first kappa shape index (κ1) is 21.1. The zero-order valence-electron chi connectivity index (χ0n) is 17.4. The third kappa shape index (κ3) is 5.47. The van der Waals surface area contributed by atoms with Gasteiger partial charge < -0.3 is 15.4 Å². The molecule has 3 aromatic rings. The normalized spacial score (nSPS) is 10.5. The minimum Gasteiger partial charge on any atom is -0.494 e. The number of aryl methyl sites for hydroxylation is 2. The average molecular weight is 402 g/mol. The van der Waals surface area contributed by atoms with Crippen LogP contribution in [0.3, 0.4) is 0 Å². The molecule has 154 valence electrons. The Labute approximate surface area is 177 Å². The van der Waals surface area contributed by atoms with Gasteiger partial charge in [0.2, 0.25) is 0 Å². The maximum absolute atomic E-state index is 12.8. The first-order valence-electron chi connectivity index (χ1n) is 9.94. The van der Waals surface area contributed by atoms with Gasteiger partial charge in [0, 0.05) is 11.1 Å². The smallest absolute Gasteiger partial charge is 0.253 e. The maximum Gasteiger partial charge on any atom is 0.253 e. The van der Waals surface area contributed by atoms with E-state index in [0.717, 1.165) is 22.4 Å². The van der Waals surface area contributed by atoms with Crippen LogP contribution in [0.4, 0.5) is 0 Å². The highest BCUT2D eigenvalue weighted by Crippen LogP contribution is 2.18. The number of hydrogen-bond acceptors (Lipinski definition) is 3. The summed E-state index contributed by atoms with van der Waals surface area (Å²) in [6, 6.07) is 22.0. The molecule has 3 aromatic carbocycles. The van der Waals surface area contributed by atoms with Crippen LogP contribution in [0, 0.1) is 13.8 Å². The summed E-state index contributed by atoms with van der Waals surface area (Å²) in [7, 11) is 0. The number of carbonyl (C=O) groups is 2. The molecule has 30 heavy (non-hydrogen) atoms.